The number of carbonyl (C=O) groups is 2. The van der Waals surface area contributed by atoms with Crippen LogP contribution in [0.4, 0.5) is 5.69 Å². The number of nitrogens with zero attached hydrogens (tertiary/aromatic N) is 3. The number of hydrogen-bond donors (Lipinski definition) is 0. The molecule has 1 amide bonds. The zero-order valence-corrected chi connectivity index (χ0v) is 27.3. The van der Waals surface area contributed by atoms with E-state index in [0.717, 1.165) is 40.3 Å². The van der Waals surface area contributed by atoms with Gasteiger partial charge in [-0.25, -0.2) is 9.13 Å². The third-order valence-corrected chi connectivity index (χ3v) is 9.42. The molecule has 5 aromatic rings. The minimum Gasteiger partial charge on any atom is -1.00 e. The number of hydrogen-bond acceptors (Lipinski definition) is 4. The number of ether oxygens (including phenoxy) is 2. The molecule has 8 heteroatoms. The Balaban J connectivity index is 0.00000357. The maximum Gasteiger partial charge on any atom is 0.254 e. The first kappa shape index (κ1) is 30.6. The van der Waals surface area contributed by atoms with Crippen LogP contribution in [0.1, 0.15) is 45.2 Å². The van der Waals surface area contributed by atoms with Crippen molar-refractivity contribution in [1.29, 1.82) is 0 Å². The van der Waals surface area contributed by atoms with Crippen LogP contribution in [0, 0.1) is 12.8 Å². The predicted octanol–water partition coefficient (Wildman–Crippen LogP) is 2.88. The fraction of sp³-hybridized carbons (Fsp3) is 0.270. The lowest BCUT2D eigenvalue weighted by atomic mass is 9.81. The number of aromatic nitrogens is 2. The maximum absolute atomic E-state index is 14.1. The van der Waals surface area contributed by atoms with Crippen LogP contribution in [0.5, 0.6) is 11.5 Å². The Morgan fingerprint density at radius 1 is 0.867 bits per heavy atom. The smallest absolute Gasteiger partial charge is 0.254 e. The first-order valence-electron chi connectivity index (χ1n) is 15.2. The SMILES string of the molecule is COc1ccc(C(=O)C[n+]2c(C)n(CCC(=O)N3C[C@@H]4Cc5ccccc5[C@@H]4c4cccc(OC)c43)c3ccccc32)cc1.[Br-]. The molecule has 0 bridgehead atoms. The average Bonchev–Trinajstić information content (AvgIpc) is 3.57. The van der Waals surface area contributed by atoms with Crippen molar-refractivity contribution in [3.63, 3.8) is 0 Å². The fourth-order valence-corrected chi connectivity index (χ4v) is 7.32. The summed E-state index contributed by atoms with van der Waals surface area (Å²) in [6.45, 7) is 3.39. The number of amides is 1. The summed E-state index contributed by atoms with van der Waals surface area (Å²) >= 11 is 0. The van der Waals surface area contributed by atoms with E-state index >= 15 is 0 Å². The normalized spacial score (nSPS) is 16.4. The second-order valence-corrected chi connectivity index (χ2v) is 11.7. The van der Waals surface area contributed by atoms with Crippen molar-refractivity contribution in [2.75, 3.05) is 25.7 Å². The zero-order chi connectivity index (χ0) is 30.4. The molecule has 7 rings (SSSR count). The van der Waals surface area contributed by atoms with Crippen molar-refractivity contribution in [1.82, 2.24) is 4.57 Å². The van der Waals surface area contributed by atoms with Crippen LogP contribution in [0.2, 0.25) is 0 Å². The minimum atomic E-state index is 0. The van der Waals surface area contributed by atoms with Crippen molar-refractivity contribution in [2.45, 2.75) is 38.8 Å². The highest BCUT2D eigenvalue weighted by atomic mass is 79.9. The molecule has 2 aliphatic rings. The summed E-state index contributed by atoms with van der Waals surface area (Å²) in [6, 6.07) is 30.1. The number of aryl methyl sites for hydroxylation is 1. The number of rotatable bonds is 8. The second kappa shape index (κ2) is 12.5. The Kier molecular flexibility index (Phi) is 8.51. The number of imidazole rings is 1. The van der Waals surface area contributed by atoms with Gasteiger partial charge in [0.25, 0.3) is 5.82 Å². The summed E-state index contributed by atoms with van der Waals surface area (Å²) in [6.07, 6.45) is 1.29. The lowest BCUT2D eigenvalue weighted by Gasteiger charge is -2.38. The minimum absolute atomic E-state index is 0. The average molecular weight is 667 g/mol. The predicted molar refractivity (Wildman–Crippen MR) is 170 cm³/mol. The summed E-state index contributed by atoms with van der Waals surface area (Å²) in [5.41, 5.74) is 7.40. The van der Waals surface area contributed by atoms with Crippen LogP contribution >= 0.6 is 0 Å². The second-order valence-electron chi connectivity index (χ2n) is 11.7. The van der Waals surface area contributed by atoms with Gasteiger partial charge in [-0.05, 0) is 71.5 Å². The summed E-state index contributed by atoms with van der Waals surface area (Å²) in [4.78, 5) is 29.4. The van der Waals surface area contributed by atoms with E-state index in [1.165, 1.54) is 11.1 Å². The van der Waals surface area contributed by atoms with Gasteiger partial charge in [-0.2, -0.15) is 0 Å². The maximum atomic E-state index is 14.1. The van der Waals surface area contributed by atoms with Gasteiger partial charge in [-0.1, -0.05) is 48.5 Å². The van der Waals surface area contributed by atoms with Gasteiger partial charge in [0.05, 0.1) is 32.9 Å². The van der Waals surface area contributed by atoms with E-state index in [2.05, 4.69) is 41.0 Å². The molecular weight excluding hydrogens is 630 g/mol. The van der Waals surface area contributed by atoms with E-state index in [0.29, 0.717) is 36.7 Å². The molecule has 1 aliphatic heterocycles. The van der Waals surface area contributed by atoms with Crippen molar-refractivity contribution >= 4 is 28.4 Å². The van der Waals surface area contributed by atoms with Crippen LogP contribution in [0.25, 0.3) is 11.0 Å². The molecule has 0 spiro atoms. The summed E-state index contributed by atoms with van der Waals surface area (Å²) in [7, 11) is 3.29. The van der Waals surface area contributed by atoms with Gasteiger partial charge in [-0.3, -0.25) is 9.59 Å². The van der Waals surface area contributed by atoms with Gasteiger partial charge in [0.1, 0.15) is 11.5 Å². The van der Waals surface area contributed by atoms with Crippen molar-refractivity contribution in [3.05, 3.63) is 119 Å². The molecule has 230 valence electrons. The van der Waals surface area contributed by atoms with Gasteiger partial charge >= 0.3 is 0 Å². The molecule has 1 aliphatic carbocycles. The highest BCUT2D eigenvalue weighted by molar-refractivity contribution is 5.97. The van der Waals surface area contributed by atoms with Crippen LogP contribution in [0.15, 0.2) is 91.0 Å². The number of ketones is 1. The van der Waals surface area contributed by atoms with Crippen molar-refractivity contribution in [3.8, 4) is 11.5 Å². The number of benzene rings is 4. The number of anilines is 1. The topological polar surface area (TPSA) is 64.7 Å². The molecule has 2 atom stereocenters. The Morgan fingerprint density at radius 3 is 2.38 bits per heavy atom. The van der Waals surface area contributed by atoms with Crippen LogP contribution in [-0.4, -0.2) is 37.0 Å². The van der Waals surface area contributed by atoms with E-state index in [1.807, 2.05) is 46.7 Å². The van der Waals surface area contributed by atoms with E-state index in [9.17, 15) is 9.59 Å². The highest BCUT2D eigenvalue weighted by Crippen LogP contribution is 2.51. The van der Waals surface area contributed by atoms with Gasteiger partial charge in [0, 0.05) is 24.9 Å². The molecule has 45 heavy (non-hydrogen) atoms. The molecule has 0 N–H and O–H groups in total. The van der Waals surface area contributed by atoms with Gasteiger partial charge in [0.15, 0.2) is 17.6 Å². The summed E-state index contributed by atoms with van der Waals surface area (Å²) < 4.78 is 15.3. The number of fused-ring (bicyclic) bond motifs is 6. The van der Waals surface area contributed by atoms with Gasteiger partial charge < -0.3 is 31.4 Å². The highest BCUT2D eigenvalue weighted by Gasteiger charge is 2.42. The Labute approximate surface area is 273 Å². The standard InChI is InChI=1S/C37H36N3O4.BrH/c1-24-38(31-12-6-7-13-32(31)39(24)23-33(41)25-15-17-28(43-2)18-16-25)20-19-35(42)40-22-27-21-26-9-4-5-10-29(26)36(27)30-11-8-14-34(44-3)37(30)40;/h4-18,27,36H,19-23H2,1-3H3;1H/q+1;/p-1/t27-,36+;/m0./s1. The number of methoxy groups -OCH3 is 2. The zero-order valence-electron chi connectivity index (χ0n) is 25.7. The Bertz CT molecular complexity index is 1900. The molecular formula is C37H36BrN3O4. The molecule has 1 aromatic heterocycles. The van der Waals surface area contributed by atoms with Crippen LogP contribution in [-0.2, 0) is 24.3 Å². The van der Waals surface area contributed by atoms with E-state index < -0.39 is 0 Å². The van der Waals surface area contributed by atoms with Crippen LogP contribution in [0.3, 0.4) is 0 Å². The summed E-state index contributed by atoms with van der Waals surface area (Å²) in [5, 5.41) is 0. The molecule has 4 aromatic carbocycles. The number of para-hydroxylation sites is 3. The van der Waals surface area contributed by atoms with Crippen molar-refractivity contribution < 1.29 is 40.6 Å². The van der Waals surface area contributed by atoms with E-state index in [1.54, 1.807) is 38.5 Å². The fourth-order valence-electron chi connectivity index (χ4n) is 7.32. The molecule has 7 nitrogen and oxygen atoms in total. The van der Waals surface area contributed by atoms with E-state index in [-0.39, 0.29) is 41.1 Å². The lowest BCUT2D eigenvalue weighted by Crippen LogP contribution is -3.00. The largest absolute Gasteiger partial charge is 1.00 e. The van der Waals surface area contributed by atoms with E-state index in [4.69, 9.17) is 9.47 Å². The first-order valence-corrected chi connectivity index (χ1v) is 15.2. The molecule has 0 unspecified atom stereocenters. The molecule has 2 heterocycles. The molecule has 0 fully saturated rings. The first-order chi connectivity index (χ1) is 21.5. The molecule has 0 radical (unpaired) electrons. The lowest BCUT2D eigenvalue weighted by molar-refractivity contribution is -0.664. The van der Waals surface area contributed by atoms with Crippen LogP contribution < -0.4 is 35.9 Å². The quantitative estimate of drug-likeness (QED) is 0.189. The van der Waals surface area contributed by atoms with Gasteiger partial charge in [0.2, 0.25) is 11.7 Å². The summed E-state index contributed by atoms with van der Waals surface area (Å²) in [5.74, 6) is 3.06. The molecule has 0 saturated carbocycles. The number of Topliss-reactive ketones (excluding diaryl/α,β-unsaturated/α-hetero) is 1. The Hall–Kier alpha value is -4.43. The monoisotopic (exact) mass is 665 g/mol. The van der Waals surface area contributed by atoms with Gasteiger partial charge in [-0.15, -0.1) is 0 Å². The number of carbonyl (C=O) groups excluding carboxylic acids is 2. The number of halogens is 1. The third-order valence-electron chi connectivity index (χ3n) is 9.42. The Morgan fingerprint density at radius 2 is 1.60 bits per heavy atom. The molecule has 0 saturated heterocycles. The van der Waals surface area contributed by atoms with Crippen molar-refractivity contribution in [2.24, 2.45) is 5.92 Å². The third kappa shape index (κ3) is 5.31.